The molecule has 0 aliphatic heterocycles. The average Bonchev–Trinajstić information content (AvgIpc) is 2.75. The molecule has 2 fully saturated rings. The molecule has 0 saturated heterocycles. The lowest BCUT2D eigenvalue weighted by molar-refractivity contribution is 0.00737. The van der Waals surface area contributed by atoms with Crippen LogP contribution in [0.3, 0.4) is 0 Å². The maximum absolute atomic E-state index is 12.0. The fraction of sp³-hybridized carbons (Fsp3) is 0.941. The maximum atomic E-state index is 12.0. The molecule has 0 aromatic heterocycles. The number of amides is 2. The van der Waals surface area contributed by atoms with Crippen LogP contribution in [-0.4, -0.2) is 35.7 Å². The van der Waals surface area contributed by atoms with E-state index >= 15 is 0 Å². The summed E-state index contributed by atoms with van der Waals surface area (Å²) in [6.07, 6.45) is 13.1. The maximum Gasteiger partial charge on any atom is 0.315 e. The lowest BCUT2D eigenvalue weighted by atomic mass is 9.90. The van der Waals surface area contributed by atoms with Gasteiger partial charge < -0.3 is 15.4 Å². The number of rotatable bonds is 5. The van der Waals surface area contributed by atoms with Crippen molar-refractivity contribution in [1.29, 1.82) is 0 Å². The molecule has 122 valence electrons. The summed E-state index contributed by atoms with van der Waals surface area (Å²) in [6.45, 7) is 3.00. The Morgan fingerprint density at radius 3 is 2.10 bits per heavy atom. The summed E-state index contributed by atoms with van der Waals surface area (Å²) in [5.74, 6) is 0. The topological polar surface area (TPSA) is 55.6 Å². The zero-order chi connectivity index (χ0) is 15.1. The first-order chi connectivity index (χ1) is 10.2. The van der Waals surface area contributed by atoms with Gasteiger partial charge in [0, 0.05) is 18.7 Å². The standard InChI is InChI=1S/C17H32N2O2/c1-2-13-21-16-11-9-15(10-12-16)19(17(18)20)14-7-5-3-4-6-8-14/h14-16H,2-13H2,1H3,(H2,18,20). The summed E-state index contributed by atoms with van der Waals surface area (Å²) in [5.41, 5.74) is 5.72. The highest BCUT2D eigenvalue weighted by atomic mass is 16.5. The van der Waals surface area contributed by atoms with Crippen LogP contribution in [0.5, 0.6) is 0 Å². The summed E-state index contributed by atoms with van der Waals surface area (Å²) in [7, 11) is 0. The highest BCUT2D eigenvalue weighted by molar-refractivity contribution is 5.72. The van der Waals surface area contributed by atoms with Crippen molar-refractivity contribution < 1.29 is 9.53 Å². The Labute approximate surface area is 129 Å². The molecule has 0 atom stereocenters. The van der Waals surface area contributed by atoms with E-state index in [4.69, 9.17) is 10.5 Å². The second-order valence-corrected chi connectivity index (χ2v) is 6.69. The lowest BCUT2D eigenvalue weighted by Gasteiger charge is -2.40. The molecule has 0 heterocycles. The minimum atomic E-state index is -0.208. The molecular formula is C17H32N2O2. The normalized spacial score (nSPS) is 28.0. The van der Waals surface area contributed by atoms with Gasteiger partial charge in [-0.1, -0.05) is 32.6 Å². The van der Waals surface area contributed by atoms with Crippen molar-refractivity contribution in [1.82, 2.24) is 4.90 Å². The lowest BCUT2D eigenvalue weighted by Crippen LogP contribution is -2.51. The van der Waals surface area contributed by atoms with E-state index < -0.39 is 0 Å². The van der Waals surface area contributed by atoms with Gasteiger partial charge in [0.05, 0.1) is 6.10 Å². The molecule has 4 nitrogen and oxygen atoms in total. The summed E-state index contributed by atoms with van der Waals surface area (Å²) in [6, 6.07) is 0.509. The molecule has 2 rings (SSSR count). The summed E-state index contributed by atoms with van der Waals surface area (Å²) >= 11 is 0. The Bertz CT molecular complexity index is 306. The van der Waals surface area contributed by atoms with Crippen LogP contribution in [0.4, 0.5) is 4.79 Å². The van der Waals surface area contributed by atoms with Gasteiger partial charge in [0.1, 0.15) is 0 Å². The number of urea groups is 1. The Kier molecular flexibility index (Phi) is 6.81. The molecule has 2 N–H and O–H groups in total. The van der Waals surface area contributed by atoms with Crippen LogP contribution in [0, 0.1) is 0 Å². The van der Waals surface area contributed by atoms with E-state index in [0.717, 1.165) is 51.6 Å². The Morgan fingerprint density at radius 2 is 1.57 bits per heavy atom. The molecular weight excluding hydrogens is 264 g/mol. The van der Waals surface area contributed by atoms with Gasteiger partial charge in [-0.3, -0.25) is 0 Å². The number of nitrogens with zero attached hydrogens (tertiary/aromatic N) is 1. The molecule has 0 unspecified atom stereocenters. The van der Waals surface area contributed by atoms with E-state index in [1.807, 2.05) is 4.90 Å². The van der Waals surface area contributed by atoms with Crippen LogP contribution in [-0.2, 0) is 4.74 Å². The first-order valence-corrected chi connectivity index (χ1v) is 8.91. The quantitative estimate of drug-likeness (QED) is 0.784. The van der Waals surface area contributed by atoms with Crippen molar-refractivity contribution >= 4 is 6.03 Å². The molecule has 21 heavy (non-hydrogen) atoms. The number of ether oxygens (including phenoxy) is 1. The molecule has 2 aliphatic rings. The van der Waals surface area contributed by atoms with Gasteiger partial charge >= 0.3 is 6.03 Å². The summed E-state index contributed by atoms with van der Waals surface area (Å²) < 4.78 is 5.85. The predicted molar refractivity (Wildman–Crippen MR) is 85.2 cm³/mol. The molecule has 0 aromatic rings. The molecule has 2 saturated carbocycles. The van der Waals surface area contributed by atoms with Crippen LogP contribution in [0.2, 0.25) is 0 Å². The van der Waals surface area contributed by atoms with Gasteiger partial charge in [-0.15, -0.1) is 0 Å². The van der Waals surface area contributed by atoms with Crippen LogP contribution < -0.4 is 5.73 Å². The van der Waals surface area contributed by atoms with Crippen molar-refractivity contribution in [2.24, 2.45) is 5.73 Å². The van der Waals surface area contributed by atoms with Crippen molar-refractivity contribution in [3.8, 4) is 0 Å². The fourth-order valence-corrected chi connectivity index (χ4v) is 3.97. The Balaban J connectivity index is 1.89. The van der Waals surface area contributed by atoms with Crippen molar-refractivity contribution in [2.75, 3.05) is 6.61 Å². The molecule has 2 aliphatic carbocycles. The first kappa shape index (κ1) is 16.6. The third-order valence-corrected chi connectivity index (χ3v) is 5.07. The van der Waals surface area contributed by atoms with Crippen molar-refractivity contribution in [2.45, 2.75) is 95.7 Å². The average molecular weight is 296 g/mol. The number of nitrogens with two attached hydrogens (primary N) is 1. The molecule has 0 spiro atoms. The second-order valence-electron chi connectivity index (χ2n) is 6.69. The van der Waals surface area contributed by atoms with E-state index in [1.54, 1.807) is 0 Å². The van der Waals surface area contributed by atoms with Gasteiger partial charge in [-0.25, -0.2) is 4.79 Å². The fourth-order valence-electron chi connectivity index (χ4n) is 3.97. The van der Waals surface area contributed by atoms with Gasteiger partial charge in [0.15, 0.2) is 0 Å². The van der Waals surface area contributed by atoms with Crippen molar-refractivity contribution in [3.05, 3.63) is 0 Å². The molecule has 2 amide bonds. The summed E-state index contributed by atoms with van der Waals surface area (Å²) in [5, 5.41) is 0. The van der Waals surface area contributed by atoms with Gasteiger partial charge in [-0.05, 0) is 44.9 Å². The largest absolute Gasteiger partial charge is 0.378 e. The number of primary amides is 1. The van der Waals surface area contributed by atoms with E-state index in [9.17, 15) is 4.79 Å². The van der Waals surface area contributed by atoms with E-state index in [-0.39, 0.29) is 6.03 Å². The molecule has 0 aromatic carbocycles. The van der Waals surface area contributed by atoms with Crippen LogP contribution in [0.15, 0.2) is 0 Å². The molecule has 0 bridgehead atoms. The molecule has 0 radical (unpaired) electrons. The van der Waals surface area contributed by atoms with Crippen LogP contribution in [0.1, 0.15) is 77.6 Å². The third-order valence-electron chi connectivity index (χ3n) is 5.07. The number of hydrogen-bond donors (Lipinski definition) is 1. The third kappa shape index (κ3) is 4.87. The van der Waals surface area contributed by atoms with Crippen molar-refractivity contribution in [3.63, 3.8) is 0 Å². The van der Waals surface area contributed by atoms with E-state index in [2.05, 4.69) is 6.92 Å². The molecule has 4 heteroatoms. The number of carbonyl (C=O) groups is 1. The Morgan fingerprint density at radius 1 is 1.00 bits per heavy atom. The second kappa shape index (κ2) is 8.62. The monoisotopic (exact) mass is 296 g/mol. The minimum absolute atomic E-state index is 0.208. The van der Waals surface area contributed by atoms with E-state index in [0.29, 0.717) is 18.2 Å². The zero-order valence-electron chi connectivity index (χ0n) is 13.6. The van der Waals surface area contributed by atoms with Gasteiger partial charge in [0.2, 0.25) is 0 Å². The predicted octanol–water partition coefficient (Wildman–Crippen LogP) is 3.83. The Hall–Kier alpha value is -0.770. The highest BCUT2D eigenvalue weighted by Crippen LogP contribution is 2.30. The summed E-state index contributed by atoms with van der Waals surface area (Å²) in [4.78, 5) is 14.0. The number of hydrogen-bond acceptors (Lipinski definition) is 2. The van der Waals surface area contributed by atoms with Crippen LogP contribution in [0.25, 0.3) is 0 Å². The smallest absolute Gasteiger partial charge is 0.315 e. The highest BCUT2D eigenvalue weighted by Gasteiger charge is 2.32. The first-order valence-electron chi connectivity index (χ1n) is 8.91. The van der Waals surface area contributed by atoms with Gasteiger partial charge in [-0.2, -0.15) is 0 Å². The van der Waals surface area contributed by atoms with E-state index in [1.165, 1.54) is 25.7 Å². The minimum Gasteiger partial charge on any atom is -0.378 e. The number of carbonyl (C=O) groups excluding carboxylic acids is 1. The van der Waals surface area contributed by atoms with Gasteiger partial charge in [0.25, 0.3) is 0 Å². The van der Waals surface area contributed by atoms with Crippen LogP contribution >= 0.6 is 0 Å². The zero-order valence-corrected chi connectivity index (χ0v) is 13.6. The SMILES string of the molecule is CCCOC1CCC(N(C(N)=O)C2CCCCCC2)CC1.